The van der Waals surface area contributed by atoms with Crippen molar-refractivity contribution in [1.82, 2.24) is 10.3 Å². The zero-order chi connectivity index (χ0) is 24.0. The van der Waals surface area contributed by atoms with E-state index in [1.807, 2.05) is 47.8 Å². The van der Waals surface area contributed by atoms with Crippen molar-refractivity contribution in [2.75, 3.05) is 4.90 Å². The SMILES string of the molecule is N[C@H](Cc1ccccc1)C(=O)N(C(=O)NC(=O)C(Cl)(Cl)Cl)c1ccc(-c2ccncc2)cc1. The van der Waals surface area contributed by atoms with Gasteiger partial charge in [0.1, 0.15) is 0 Å². The van der Waals surface area contributed by atoms with Crippen LogP contribution in [0, 0.1) is 0 Å². The van der Waals surface area contributed by atoms with Gasteiger partial charge in [0.05, 0.1) is 11.7 Å². The second kappa shape index (κ2) is 10.8. The van der Waals surface area contributed by atoms with Crippen molar-refractivity contribution in [2.45, 2.75) is 16.3 Å². The van der Waals surface area contributed by atoms with Crippen molar-refractivity contribution in [2.24, 2.45) is 5.73 Å². The van der Waals surface area contributed by atoms with E-state index < -0.39 is 27.7 Å². The number of nitrogens with two attached hydrogens (primary N) is 1. The van der Waals surface area contributed by atoms with E-state index in [4.69, 9.17) is 40.5 Å². The fraction of sp³-hybridized carbons (Fsp3) is 0.130. The highest BCUT2D eigenvalue weighted by molar-refractivity contribution is 6.76. The molecule has 0 fully saturated rings. The molecule has 0 saturated carbocycles. The van der Waals surface area contributed by atoms with Gasteiger partial charge in [0, 0.05) is 12.4 Å². The number of imide groups is 2. The molecule has 7 nitrogen and oxygen atoms in total. The number of halogens is 3. The van der Waals surface area contributed by atoms with Crippen molar-refractivity contribution >= 4 is 58.3 Å². The Hall–Kier alpha value is -2.97. The van der Waals surface area contributed by atoms with Crippen LogP contribution in [0.2, 0.25) is 0 Å². The van der Waals surface area contributed by atoms with Crippen molar-refractivity contribution < 1.29 is 14.4 Å². The number of hydrogen-bond acceptors (Lipinski definition) is 5. The lowest BCUT2D eigenvalue weighted by Crippen LogP contribution is -2.54. The molecule has 0 aliphatic rings. The first-order valence-electron chi connectivity index (χ1n) is 9.73. The molecular weight excluding hydrogens is 487 g/mol. The first kappa shape index (κ1) is 24.7. The summed E-state index contributed by atoms with van der Waals surface area (Å²) in [6.07, 6.45) is 3.48. The number of nitrogens with zero attached hydrogens (tertiary/aromatic N) is 2. The molecule has 0 saturated heterocycles. The number of pyridine rings is 1. The van der Waals surface area contributed by atoms with Crippen LogP contribution in [0.1, 0.15) is 5.56 Å². The minimum atomic E-state index is -2.39. The minimum absolute atomic E-state index is 0.178. The maximum absolute atomic E-state index is 13.2. The van der Waals surface area contributed by atoms with Gasteiger partial charge in [0.15, 0.2) is 0 Å². The second-order valence-corrected chi connectivity index (χ2v) is 9.29. The molecule has 0 spiro atoms. The Bertz CT molecular complexity index is 1120. The Morgan fingerprint density at radius 1 is 0.909 bits per heavy atom. The number of hydrogen-bond donors (Lipinski definition) is 2. The zero-order valence-electron chi connectivity index (χ0n) is 17.1. The van der Waals surface area contributed by atoms with Gasteiger partial charge in [0.2, 0.25) is 0 Å². The monoisotopic (exact) mass is 504 g/mol. The highest BCUT2D eigenvalue weighted by atomic mass is 35.6. The Morgan fingerprint density at radius 2 is 1.48 bits per heavy atom. The molecule has 1 aromatic heterocycles. The molecule has 33 heavy (non-hydrogen) atoms. The molecule has 3 aromatic rings. The largest absolute Gasteiger partial charge is 0.335 e. The summed E-state index contributed by atoms with van der Waals surface area (Å²) in [5, 5.41) is 1.93. The summed E-state index contributed by atoms with van der Waals surface area (Å²) in [7, 11) is 0. The molecule has 0 bridgehead atoms. The molecule has 3 rings (SSSR count). The molecule has 0 radical (unpaired) electrons. The predicted octanol–water partition coefficient (Wildman–Crippen LogP) is 4.26. The van der Waals surface area contributed by atoms with Gasteiger partial charge in [-0.1, -0.05) is 77.3 Å². The fourth-order valence-corrected chi connectivity index (χ4v) is 3.18. The van der Waals surface area contributed by atoms with Crippen molar-refractivity contribution in [1.29, 1.82) is 0 Å². The third-order valence-electron chi connectivity index (χ3n) is 4.66. The van der Waals surface area contributed by atoms with E-state index in [1.54, 1.807) is 36.7 Å². The summed E-state index contributed by atoms with van der Waals surface area (Å²) in [4.78, 5) is 42.9. The van der Waals surface area contributed by atoms with Gasteiger partial charge in [-0.15, -0.1) is 0 Å². The van der Waals surface area contributed by atoms with Crippen molar-refractivity contribution in [3.8, 4) is 11.1 Å². The summed E-state index contributed by atoms with van der Waals surface area (Å²) >= 11 is 16.6. The summed E-state index contributed by atoms with van der Waals surface area (Å²) in [5.74, 6) is -1.93. The Kier molecular flexibility index (Phi) is 8.05. The van der Waals surface area contributed by atoms with Gasteiger partial charge in [-0.25, -0.2) is 9.69 Å². The highest BCUT2D eigenvalue weighted by Gasteiger charge is 2.36. The number of amides is 4. The van der Waals surface area contributed by atoms with Crippen molar-refractivity contribution in [3.05, 3.63) is 84.7 Å². The normalized spacial score (nSPS) is 12.0. The lowest BCUT2D eigenvalue weighted by Gasteiger charge is -2.25. The number of nitrogens with one attached hydrogen (secondary N) is 1. The minimum Gasteiger partial charge on any atom is -0.320 e. The van der Waals surface area contributed by atoms with Gasteiger partial charge in [0.25, 0.3) is 15.6 Å². The number of urea groups is 1. The number of carbonyl (C=O) groups excluding carboxylic acids is 3. The van der Waals surface area contributed by atoms with E-state index in [-0.39, 0.29) is 12.1 Å². The maximum atomic E-state index is 13.2. The number of rotatable bonds is 5. The van der Waals surface area contributed by atoms with Crippen LogP contribution in [0.25, 0.3) is 11.1 Å². The molecule has 0 aliphatic heterocycles. The Labute approximate surface area is 205 Å². The van der Waals surface area contributed by atoms with Gasteiger partial charge >= 0.3 is 6.03 Å². The van der Waals surface area contributed by atoms with E-state index in [0.717, 1.165) is 21.6 Å². The molecule has 1 atom stereocenters. The average molecular weight is 506 g/mol. The molecule has 3 N–H and O–H groups in total. The molecule has 0 aliphatic carbocycles. The smallest absolute Gasteiger partial charge is 0.320 e. The van der Waals surface area contributed by atoms with Crippen LogP contribution in [-0.4, -0.2) is 32.7 Å². The van der Waals surface area contributed by atoms with Gasteiger partial charge in [-0.3, -0.25) is 19.9 Å². The van der Waals surface area contributed by atoms with Gasteiger partial charge in [-0.05, 0) is 47.4 Å². The Morgan fingerprint density at radius 3 is 2.06 bits per heavy atom. The van der Waals surface area contributed by atoms with E-state index in [1.165, 1.54) is 0 Å². The molecule has 1 heterocycles. The number of alkyl halides is 3. The van der Waals surface area contributed by atoms with Crippen molar-refractivity contribution in [3.63, 3.8) is 0 Å². The molecule has 10 heteroatoms. The second-order valence-electron chi connectivity index (χ2n) is 7.01. The van der Waals surface area contributed by atoms with Gasteiger partial charge in [-0.2, -0.15) is 0 Å². The zero-order valence-corrected chi connectivity index (χ0v) is 19.4. The molecular formula is C23H19Cl3N4O3. The average Bonchev–Trinajstić information content (AvgIpc) is 2.80. The first-order valence-corrected chi connectivity index (χ1v) is 10.9. The molecule has 170 valence electrons. The van der Waals surface area contributed by atoms with Crippen LogP contribution >= 0.6 is 34.8 Å². The molecule has 0 unspecified atom stereocenters. The summed E-state index contributed by atoms with van der Waals surface area (Å²) in [6.45, 7) is 0. The molecule has 2 aromatic carbocycles. The van der Waals surface area contributed by atoms with Crippen LogP contribution in [0.15, 0.2) is 79.1 Å². The van der Waals surface area contributed by atoms with E-state index >= 15 is 0 Å². The standard InChI is InChI=1S/C23H19Cl3N4O3/c24-23(25,26)21(32)29-22(33)30(20(31)19(27)14-15-4-2-1-3-5-15)18-8-6-16(7-9-18)17-10-12-28-13-11-17/h1-13,19H,14,27H2,(H,29,32,33)/t19-/m1/s1. The summed E-state index contributed by atoms with van der Waals surface area (Å²) < 4.78 is -2.39. The van der Waals surface area contributed by atoms with Crippen LogP contribution in [0.5, 0.6) is 0 Å². The lowest BCUT2D eigenvalue weighted by molar-refractivity contribution is -0.119. The third-order valence-corrected chi connectivity index (χ3v) is 5.17. The van der Waals surface area contributed by atoms with Crippen LogP contribution < -0.4 is 16.0 Å². The number of aromatic nitrogens is 1. The quantitative estimate of drug-likeness (QED) is 0.504. The van der Waals surface area contributed by atoms with E-state index in [9.17, 15) is 14.4 Å². The Balaban J connectivity index is 1.90. The van der Waals surface area contributed by atoms with E-state index in [2.05, 4.69) is 4.98 Å². The molecule has 4 amide bonds. The summed E-state index contributed by atoms with van der Waals surface area (Å²) in [6, 6.07) is 17.1. The summed E-state index contributed by atoms with van der Waals surface area (Å²) in [5.41, 5.74) is 8.85. The fourth-order valence-electron chi connectivity index (χ4n) is 3.04. The third kappa shape index (κ3) is 6.52. The lowest BCUT2D eigenvalue weighted by atomic mass is 10.0. The predicted molar refractivity (Wildman–Crippen MR) is 129 cm³/mol. The van der Waals surface area contributed by atoms with Gasteiger partial charge < -0.3 is 5.73 Å². The van der Waals surface area contributed by atoms with E-state index in [0.29, 0.717) is 0 Å². The maximum Gasteiger partial charge on any atom is 0.335 e. The van der Waals surface area contributed by atoms with Crippen LogP contribution in [0.4, 0.5) is 10.5 Å². The highest BCUT2D eigenvalue weighted by Crippen LogP contribution is 2.27. The van der Waals surface area contributed by atoms with Crippen LogP contribution in [0.3, 0.4) is 0 Å². The van der Waals surface area contributed by atoms with Crippen LogP contribution in [-0.2, 0) is 16.0 Å². The number of carbonyl (C=O) groups is 3. The number of benzene rings is 2. The topological polar surface area (TPSA) is 105 Å². The number of anilines is 1. The first-order chi connectivity index (χ1) is 15.7.